The highest BCUT2D eigenvalue weighted by molar-refractivity contribution is 9.10. The minimum absolute atomic E-state index is 0.0115. The quantitative estimate of drug-likeness (QED) is 0.551. The second kappa shape index (κ2) is 5.79. The van der Waals surface area contributed by atoms with E-state index in [-0.39, 0.29) is 44.5 Å². The SMILES string of the molecule is Nn1c(C(F)(F)F)cc(=O)n(-c2c(F)cc(Br)c3c2OCCO3)c1=O. The van der Waals surface area contributed by atoms with Crippen LogP contribution in [0.2, 0.25) is 0 Å². The summed E-state index contributed by atoms with van der Waals surface area (Å²) in [7, 11) is 0. The lowest BCUT2D eigenvalue weighted by Gasteiger charge is -2.23. The van der Waals surface area contributed by atoms with Crippen LogP contribution in [0.1, 0.15) is 5.69 Å². The number of aromatic nitrogens is 2. The van der Waals surface area contributed by atoms with Crippen molar-refractivity contribution in [1.82, 2.24) is 9.24 Å². The third-order valence-electron chi connectivity index (χ3n) is 3.35. The van der Waals surface area contributed by atoms with Crippen LogP contribution in [0.4, 0.5) is 17.6 Å². The second-order valence-electron chi connectivity index (χ2n) is 4.90. The molecule has 12 heteroatoms. The van der Waals surface area contributed by atoms with Gasteiger partial charge in [0.1, 0.15) is 18.9 Å². The molecule has 1 aromatic carbocycles. The highest BCUT2D eigenvalue weighted by Gasteiger charge is 2.36. The van der Waals surface area contributed by atoms with Crippen LogP contribution in [-0.2, 0) is 6.18 Å². The van der Waals surface area contributed by atoms with Gasteiger partial charge in [-0.05, 0) is 22.0 Å². The molecule has 134 valence electrons. The Kier molecular flexibility index (Phi) is 4.01. The summed E-state index contributed by atoms with van der Waals surface area (Å²) in [6.45, 7) is 0.113. The summed E-state index contributed by atoms with van der Waals surface area (Å²) in [5.41, 5.74) is -5.35. The fourth-order valence-electron chi connectivity index (χ4n) is 2.31. The van der Waals surface area contributed by atoms with E-state index < -0.39 is 34.6 Å². The number of halogens is 5. The average molecular weight is 426 g/mol. The van der Waals surface area contributed by atoms with Gasteiger partial charge in [0, 0.05) is 6.07 Å². The topological polar surface area (TPSA) is 88.5 Å². The van der Waals surface area contributed by atoms with E-state index in [4.69, 9.17) is 15.3 Å². The predicted molar refractivity (Wildman–Crippen MR) is 80.1 cm³/mol. The number of nitrogen functional groups attached to an aromatic ring is 1. The van der Waals surface area contributed by atoms with Gasteiger partial charge in [-0.1, -0.05) is 0 Å². The predicted octanol–water partition coefficient (Wildman–Crippen LogP) is 1.40. The summed E-state index contributed by atoms with van der Waals surface area (Å²) in [6, 6.07) is 0.992. The molecule has 0 unspecified atom stereocenters. The average Bonchev–Trinajstić information content (AvgIpc) is 2.53. The van der Waals surface area contributed by atoms with Crippen LogP contribution in [0.3, 0.4) is 0 Å². The summed E-state index contributed by atoms with van der Waals surface area (Å²) in [4.78, 5) is 24.3. The number of ether oxygens (including phenoxy) is 2. The summed E-state index contributed by atoms with van der Waals surface area (Å²) in [6.07, 6.45) is -5.04. The summed E-state index contributed by atoms with van der Waals surface area (Å²) in [5.74, 6) is 3.78. The number of hydrogen-bond donors (Lipinski definition) is 1. The van der Waals surface area contributed by atoms with Gasteiger partial charge >= 0.3 is 11.9 Å². The summed E-state index contributed by atoms with van der Waals surface area (Å²) >= 11 is 3.04. The zero-order chi connectivity index (χ0) is 18.5. The van der Waals surface area contributed by atoms with E-state index in [0.717, 1.165) is 6.07 Å². The van der Waals surface area contributed by atoms with Crippen LogP contribution in [0.15, 0.2) is 26.2 Å². The lowest BCUT2D eigenvalue weighted by molar-refractivity contribution is -0.143. The molecule has 0 bridgehead atoms. The van der Waals surface area contributed by atoms with Gasteiger partial charge in [0.2, 0.25) is 0 Å². The van der Waals surface area contributed by atoms with Gasteiger partial charge in [-0.3, -0.25) is 4.79 Å². The van der Waals surface area contributed by atoms with Crippen molar-refractivity contribution in [2.45, 2.75) is 6.18 Å². The van der Waals surface area contributed by atoms with Crippen LogP contribution < -0.4 is 26.6 Å². The van der Waals surface area contributed by atoms with Crippen LogP contribution in [0, 0.1) is 5.82 Å². The molecule has 0 saturated carbocycles. The normalized spacial score (nSPS) is 13.8. The molecule has 1 aliphatic rings. The monoisotopic (exact) mass is 425 g/mol. The van der Waals surface area contributed by atoms with Crippen LogP contribution in [-0.4, -0.2) is 22.5 Å². The fourth-order valence-corrected chi connectivity index (χ4v) is 2.81. The number of alkyl halides is 3. The smallest absolute Gasteiger partial charge is 0.433 e. The molecule has 2 heterocycles. The Morgan fingerprint density at radius 1 is 1.12 bits per heavy atom. The Morgan fingerprint density at radius 3 is 2.32 bits per heavy atom. The molecule has 0 aliphatic carbocycles. The first-order valence-electron chi connectivity index (χ1n) is 6.62. The van der Waals surface area contributed by atoms with Gasteiger partial charge in [0.25, 0.3) is 5.56 Å². The van der Waals surface area contributed by atoms with Crippen molar-refractivity contribution >= 4 is 15.9 Å². The number of rotatable bonds is 1. The van der Waals surface area contributed by atoms with Gasteiger partial charge in [-0.2, -0.15) is 13.2 Å². The van der Waals surface area contributed by atoms with E-state index in [0.29, 0.717) is 0 Å². The first kappa shape index (κ1) is 17.3. The van der Waals surface area contributed by atoms with E-state index in [2.05, 4.69) is 15.9 Å². The fraction of sp³-hybridized carbons (Fsp3) is 0.231. The maximum absolute atomic E-state index is 14.4. The van der Waals surface area contributed by atoms with Crippen molar-refractivity contribution in [3.05, 3.63) is 49.0 Å². The van der Waals surface area contributed by atoms with Gasteiger partial charge in [0.15, 0.2) is 23.0 Å². The van der Waals surface area contributed by atoms with Crippen molar-refractivity contribution < 1.29 is 27.0 Å². The maximum atomic E-state index is 14.4. The molecule has 0 radical (unpaired) electrons. The van der Waals surface area contributed by atoms with Gasteiger partial charge < -0.3 is 15.3 Å². The molecule has 25 heavy (non-hydrogen) atoms. The van der Waals surface area contributed by atoms with Crippen LogP contribution in [0.25, 0.3) is 5.69 Å². The van der Waals surface area contributed by atoms with Crippen molar-refractivity contribution in [3.63, 3.8) is 0 Å². The number of hydrogen-bond acceptors (Lipinski definition) is 5. The minimum Gasteiger partial charge on any atom is -0.485 e. The maximum Gasteiger partial charge on any atom is 0.433 e. The number of fused-ring (bicyclic) bond motifs is 1. The van der Waals surface area contributed by atoms with Crippen molar-refractivity contribution in [2.24, 2.45) is 0 Å². The standard InChI is InChI=1S/C13H8BrF4N3O4/c14-5-3-6(15)9(11-10(5)24-1-2-25-11)20-8(22)4-7(13(16,17)18)21(19)12(20)23/h3-4H,1-2,19H2. The highest BCUT2D eigenvalue weighted by atomic mass is 79.9. The molecule has 0 atom stereocenters. The molecular weight excluding hydrogens is 418 g/mol. The molecule has 1 aromatic heterocycles. The van der Waals surface area contributed by atoms with Gasteiger partial charge in [0.05, 0.1) is 4.47 Å². The number of benzene rings is 1. The van der Waals surface area contributed by atoms with E-state index in [1.807, 2.05) is 0 Å². The lowest BCUT2D eigenvalue weighted by Crippen LogP contribution is -2.45. The minimum atomic E-state index is -5.04. The Labute approximate surface area is 144 Å². The van der Waals surface area contributed by atoms with E-state index in [1.54, 1.807) is 0 Å². The molecular formula is C13H8BrF4N3O4. The Balaban J connectivity index is 2.38. The zero-order valence-electron chi connectivity index (χ0n) is 12.1. The molecule has 2 N–H and O–H groups in total. The number of nitrogens with two attached hydrogens (primary N) is 1. The molecule has 7 nitrogen and oxygen atoms in total. The van der Waals surface area contributed by atoms with E-state index in [9.17, 15) is 27.2 Å². The molecule has 0 spiro atoms. The summed E-state index contributed by atoms with van der Waals surface area (Å²) in [5, 5.41) is 0. The molecule has 0 fully saturated rings. The lowest BCUT2D eigenvalue weighted by atomic mass is 10.2. The molecule has 2 aromatic rings. The Bertz CT molecular complexity index is 983. The Hall–Kier alpha value is -2.50. The first-order valence-corrected chi connectivity index (χ1v) is 7.41. The molecule has 1 aliphatic heterocycles. The number of nitrogens with zero attached hydrogens (tertiary/aromatic N) is 2. The molecule has 0 saturated heterocycles. The molecule has 3 rings (SSSR count). The second-order valence-corrected chi connectivity index (χ2v) is 5.75. The van der Waals surface area contributed by atoms with E-state index >= 15 is 0 Å². The summed E-state index contributed by atoms with van der Waals surface area (Å²) < 4.78 is 63.5. The zero-order valence-corrected chi connectivity index (χ0v) is 13.6. The molecule has 0 amide bonds. The van der Waals surface area contributed by atoms with Crippen LogP contribution >= 0.6 is 15.9 Å². The van der Waals surface area contributed by atoms with Gasteiger partial charge in [-0.15, -0.1) is 0 Å². The van der Waals surface area contributed by atoms with Crippen molar-refractivity contribution in [3.8, 4) is 17.2 Å². The van der Waals surface area contributed by atoms with Crippen LogP contribution in [0.5, 0.6) is 11.5 Å². The van der Waals surface area contributed by atoms with Crippen molar-refractivity contribution in [1.29, 1.82) is 0 Å². The third-order valence-corrected chi connectivity index (χ3v) is 3.93. The third kappa shape index (κ3) is 2.75. The highest BCUT2D eigenvalue weighted by Crippen LogP contribution is 2.42. The first-order chi connectivity index (χ1) is 11.6. The van der Waals surface area contributed by atoms with Crippen molar-refractivity contribution in [2.75, 3.05) is 19.1 Å². The van der Waals surface area contributed by atoms with Gasteiger partial charge in [-0.25, -0.2) is 18.4 Å². The largest absolute Gasteiger partial charge is 0.485 e. The Morgan fingerprint density at radius 2 is 1.72 bits per heavy atom. The van der Waals surface area contributed by atoms with E-state index in [1.165, 1.54) is 0 Å².